The molecule has 1 aliphatic carbocycles. The molecule has 0 bridgehead atoms. The maximum Gasteiger partial charge on any atom is 0.270 e. The molecule has 0 radical (unpaired) electrons. The van der Waals surface area contributed by atoms with Crippen molar-refractivity contribution in [1.29, 1.82) is 0 Å². The number of aromatic nitrogens is 1. The Balaban J connectivity index is 1.64. The Morgan fingerprint density at radius 3 is 2.45 bits per heavy atom. The van der Waals surface area contributed by atoms with Gasteiger partial charge in [-0.3, -0.25) is 4.79 Å². The molecule has 1 heterocycles. The van der Waals surface area contributed by atoms with E-state index in [0.717, 1.165) is 61.2 Å². The normalized spacial score (nSPS) is 17.2. The lowest BCUT2D eigenvalue weighted by Gasteiger charge is -2.26. The Morgan fingerprint density at radius 2 is 1.75 bits per heavy atom. The standard InChI is InChI=1S/C33H42ClN3O3/c1-5-37(6-2)18-7-19-40-31-21-24(9-16-29(31)34)32-28(27-14-8-22(3)20-23(27)4)15-17-30(36-32)33(39)35-25-10-12-26(38)13-11-25/h8-9,14-17,20-21,25-26,38H,5-7,10-13,18-19H2,1-4H3,(H,35,39). The maximum atomic E-state index is 13.3. The summed E-state index contributed by atoms with van der Waals surface area (Å²) in [6, 6.07) is 15.9. The molecule has 1 amide bonds. The van der Waals surface area contributed by atoms with Crippen LogP contribution in [0.5, 0.6) is 5.75 Å². The van der Waals surface area contributed by atoms with Crippen molar-refractivity contribution in [2.24, 2.45) is 0 Å². The van der Waals surface area contributed by atoms with Crippen LogP contribution in [0.2, 0.25) is 5.02 Å². The fourth-order valence-electron chi connectivity index (χ4n) is 5.39. The highest BCUT2D eigenvalue weighted by molar-refractivity contribution is 6.32. The zero-order valence-electron chi connectivity index (χ0n) is 24.2. The van der Waals surface area contributed by atoms with Crippen molar-refractivity contribution in [2.75, 3.05) is 26.2 Å². The zero-order valence-corrected chi connectivity index (χ0v) is 24.9. The second-order valence-electron chi connectivity index (χ2n) is 10.8. The number of halogens is 1. The molecule has 3 aromatic rings. The van der Waals surface area contributed by atoms with Gasteiger partial charge >= 0.3 is 0 Å². The summed E-state index contributed by atoms with van der Waals surface area (Å²) in [4.78, 5) is 20.5. The van der Waals surface area contributed by atoms with Crippen LogP contribution < -0.4 is 10.1 Å². The Hall–Kier alpha value is -2.93. The number of amides is 1. The Morgan fingerprint density at radius 1 is 1.02 bits per heavy atom. The first kappa shape index (κ1) is 30.0. The van der Waals surface area contributed by atoms with Gasteiger partial charge in [0.1, 0.15) is 11.4 Å². The van der Waals surface area contributed by atoms with Crippen molar-refractivity contribution in [1.82, 2.24) is 15.2 Å². The summed E-state index contributed by atoms with van der Waals surface area (Å²) in [5.41, 5.74) is 6.27. The van der Waals surface area contributed by atoms with Gasteiger partial charge in [-0.15, -0.1) is 0 Å². The van der Waals surface area contributed by atoms with Crippen LogP contribution in [0.25, 0.3) is 22.4 Å². The van der Waals surface area contributed by atoms with Gasteiger partial charge in [-0.1, -0.05) is 55.3 Å². The van der Waals surface area contributed by atoms with Crippen molar-refractivity contribution in [2.45, 2.75) is 71.9 Å². The zero-order chi connectivity index (χ0) is 28.6. The molecular formula is C33H42ClN3O3. The number of ether oxygens (including phenoxy) is 1. The molecule has 0 spiro atoms. The minimum absolute atomic E-state index is 0.0482. The van der Waals surface area contributed by atoms with Gasteiger partial charge in [-0.2, -0.15) is 0 Å². The summed E-state index contributed by atoms with van der Waals surface area (Å²) in [5, 5.41) is 13.5. The fraction of sp³-hybridized carbons (Fsp3) is 0.455. The minimum atomic E-state index is -0.270. The lowest BCUT2D eigenvalue weighted by atomic mass is 9.93. The Kier molecular flexibility index (Phi) is 10.6. The summed E-state index contributed by atoms with van der Waals surface area (Å²) in [6.45, 7) is 12.1. The van der Waals surface area contributed by atoms with Gasteiger partial charge in [-0.05, 0) is 94.4 Å². The van der Waals surface area contributed by atoms with Gasteiger partial charge in [0, 0.05) is 23.7 Å². The van der Waals surface area contributed by atoms with E-state index in [0.29, 0.717) is 41.6 Å². The molecule has 1 saturated carbocycles. The first-order chi connectivity index (χ1) is 19.3. The van der Waals surface area contributed by atoms with E-state index in [9.17, 15) is 9.90 Å². The topological polar surface area (TPSA) is 74.7 Å². The van der Waals surface area contributed by atoms with Gasteiger partial charge in [-0.25, -0.2) is 4.98 Å². The number of aryl methyl sites for hydroxylation is 2. The minimum Gasteiger partial charge on any atom is -0.492 e. The largest absolute Gasteiger partial charge is 0.492 e. The predicted molar refractivity (Wildman–Crippen MR) is 163 cm³/mol. The van der Waals surface area contributed by atoms with Gasteiger partial charge in [0.15, 0.2) is 0 Å². The smallest absolute Gasteiger partial charge is 0.270 e. The summed E-state index contributed by atoms with van der Waals surface area (Å²) in [6.07, 6.45) is 3.59. The van der Waals surface area contributed by atoms with E-state index in [2.05, 4.69) is 56.1 Å². The van der Waals surface area contributed by atoms with E-state index < -0.39 is 0 Å². The summed E-state index contributed by atoms with van der Waals surface area (Å²) in [7, 11) is 0. The van der Waals surface area contributed by atoms with Crippen molar-refractivity contribution >= 4 is 17.5 Å². The number of nitrogens with zero attached hydrogens (tertiary/aromatic N) is 2. The second kappa shape index (κ2) is 14.1. The number of carbonyl (C=O) groups excluding carboxylic acids is 1. The monoisotopic (exact) mass is 563 g/mol. The highest BCUT2D eigenvalue weighted by Crippen LogP contribution is 2.37. The number of rotatable bonds is 11. The van der Waals surface area contributed by atoms with Crippen LogP contribution >= 0.6 is 11.6 Å². The van der Waals surface area contributed by atoms with Crippen LogP contribution in [0, 0.1) is 13.8 Å². The van der Waals surface area contributed by atoms with E-state index >= 15 is 0 Å². The van der Waals surface area contributed by atoms with Gasteiger partial charge < -0.3 is 20.1 Å². The van der Waals surface area contributed by atoms with Crippen LogP contribution in [0.1, 0.15) is 67.6 Å². The van der Waals surface area contributed by atoms with E-state index in [1.807, 2.05) is 24.3 Å². The van der Waals surface area contributed by atoms with E-state index in [-0.39, 0.29) is 18.1 Å². The van der Waals surface area contributed by atoms with Crippen molar-refractivity contribution in [3.8, 4) is 28.1 Å². The number of benzene rings is 2. The molecule has 0 saturated heterocycles. The number of hydrogen-bond donors (Lipinski definition) is 2. The number of nitrogens with one attached hydrogen (secondary N) is 1. The highest BCUT2D eigenvalue weighted by atomic mass is 35.5. The third-order valence-corrected chi connectivity index (χ3v) is 8.12. The molecule has 1 aromatic heterocycles. The molecular weight excluding hydrogens is 522 g/mol. The molecule has 0 aliphatic heterocycles. The number of aliphatic hydroxyl groups excluding tert-OH is 1. The molecule has 0 unspecified atom stereocenters. The average molecular weight is 564 g/mol. The molecule has 7 heteroatoms. The first-order valence-electron chi connectivity index (χ1n) is 14.5. The second-order valence-corrected chi connectivity index (χ2v) is 11.2. The van der Waals surface area contributed by atoms with Crippen molar-refractivity contribution in [3.05, 3.63) is 70.4 Å². The SMILES string of the molecule is CCN(CC)CCCOc1cc(-c2nc(C(=O)NC3CCC(O)CC3)ccc2-c2ccc(C)cc2C)ccc1Cl. The maximum absolute atomic E-state index is 13.3. The lowest BCUT2D eigenvalue weighted by molar-refractivity contribution is 0.0863. The number of aliphatic hydroxyl groups is 1. The number of pyridine rings is 1. The van der Waals surface area contributed by atoms with Crippen LogP contribution in [-0.4, -0.2) is 59.3 Å². The molecule has 4 rings (SSSR count). The molecule has 0 atom stereocenters. The summed E-state index contributed by atoms with van der Waals surface area (Å²) < 4.78 is 6.12. The molecule has 2 N–H and O–H groups in total. The fourth-order valence-corrected chi connectivity index (χ4v) is 5.56. The van der Waals surface area contributed by atoms with Gasteiger partial charge in [0.05, 0.1) is 23.4 Å². The molecule has 1 fully saturated rings. The summed E-state index contributed by atoms with van der Waals surface area (Å²) >= 11 is 6.54. The molecule has 2 aromatic carbocycles. The quantitative estimate of drug-likeness (QED) is 0.250. The average Bonchev–Trinajstić information content (AvgIpc) is 2.95. The lowest BCUT2D eigenvalue weighted by Crippen LogP contribution is -2.38. The molecule has 214 valence electrons. The molecule has 40 heavy (non-hydrogen) atoms. The predicted octanol–water partition coefficient (Wildman–Crippen LogP) is 6.83. The van der Waals surface area contributed by atoms with E-state index in [4.69, 9.17) is 21.3 Å². The summed E-state index contributed by atoms with van der Waals surface area (Å²) in [5.74, 6) is 0.416. The number of hydrogen-bond acceptors (Lipinski definition) is 5. The van der Waals surface area contributed by atoms with Crippen LogP contribution in [0.4, 0.5) is 0 Å². The van der Waals surface area contributed by atoms with Crippen molar-refractivity contribution < 1.29 is 14.6 Å². The number of carbonyl (C=O) groups is 1. The van der Waals surface area contributed by atoms with E-state index in [1.54, 1.807) is 6.07 Å². The third kappa shape index (κ3) is 7.62. The van der Waals surface area contributed by atoms with Gasteiger partial charge in [0.25, 0.3) is 5.91 Å². The van der Waals surface area contributed by atoms with Crippen LogP contribution in [0.3, 0.4) is 0 Å². The first-order valence-corrected chi connectivity index (χ1v) is 14.9. The van der Waals surface area contributed by atoms with E-state index in [1.165, 1.54) is 5.56 Å². The van der Waals surface area contributed by atoms with Gasteiger partial charge in [0.2, 0.25) is 0 Å². The van der Waals surface area contributed by atoms with Crippen molar-refractivity contribution in [3.63, 3.8) is 0 Å². The third-order valence-electron chi connectivity index (χ3n) is 7.81. The molecule has 1 aliphatic rings. The molecule has 6 nitrogen and oxygen atoms in total. The Bertz CT molecular complexity index is 1300. The van der Waals surface area contributed by atoms with Crippen LogP contribution in [-0.2, 0) is 0 Å². The van der Waals surface area contributed by atoms with Crippen LogP contribution in [0.15, 0.2) is 48.5 Å². The Labute approximate surface area is 243 Å². The highest BCUT2D eigenvalue weighted by Gasteiger charge is 2.23.